The van der Waals surface area contributed by atoms with Gasteiger partial charge in [0.15, 0.2) is 0 Å². The normalized spacial score (nSPS) is 17.3. The molecule has 212 valence electrons. The van der Waals surface area contributed by atoms with E-state index in [0.29, 0.717) is 52.7 Å². The molecule has 1 aliphatic rings. The van der Waals surface area contributed by atoms with Crippen molar-refractivity contribution in [1.82, 2.24) is 19.6 Å². The lowest BCUT2D eigenvalue weighted by Crippen LogP contribution is -2.48. The average Bonchev–Trinajstić information content (AvgIpc) is 2.89. The number of carbonyl (C=O) groups is 2. The fourth-order valence-electron chi connectivity index (χ4n) is 3.86. The van der Waals surface area contributed by atoms with Crippen molar-refractivity contribution in [3.8, 4) is 0 Å². The van der Waals surface area contributed by atoms with Crippen LogP contribution in [-0.4, -0.2) is 138 Å². The highest BCUT2D eigenvalue weighted by Crippen LogP contribution is 2.05. The SMILES string of the molecule is C.COOCCN1CCN(COCc2ccccc2)CCN(CC(=O)OC)CCN(CC(=O)OC)CC1. The van der Waals surface area contributed by atoms with Crippen molar-refractivity contribution < 1.29 is 33.6 Å². The van der Waals surface area contributed by atoms with Crippen LogP contribution >= 0.6 is 0 Å². The Balaban J connectivity index is 0.00000684. The maximum Gasteiger partial charge on any atom is 0.319 e. The van der Waals surface area contributed by atoms with Crippen molar-refractivity contribution in [2.45, 2.75) is 14.0 Å². The van der Waals surface area contributed by atoms with Gasteiger partial charge >= 0.3 is 11.9 Å². The number of hydrogen-bond donors (Lipinski definition) is 0. The molecule has 0 bridgehead atoms. The molecule has 2 rings (SSSR count). The summed E-state index contributed by atoms with van der Waals surface area (Å²) in [7, 11) is 4.29. The van der Waals surface area contributed by atoms with E-state index in [9.17, 15) is 9.59 Å². The Kier molecular flexibility index (Phi) is 17.7. The van der Waals surface area contributed by atoms with Crippen LogP contribution in [-0.2, 0) is 40.2 Å². The lowest BCUT2D eigenvalue weighted by Gasteiger charge is -2.33. The average molecular weight is 527 g/mol. The van der Waals surface area contributed by atoms with Gasteiger partial charge in [0.05, 0.1) is 54.4 Å². The van der Waals surface area contributed by atoms with Crippen LogP contribution in [0.5, 0.6) is 0 Å². The smallest absolute Gasteiger partial charge is 0.319 e. The summed E-state index contributed by atoms with van der Waals surface area (Å²) in [6, 6.07) is 10.1. The Morgan fingerprint density at radius 1 is 0.730 bits per heavy atom. The number of ether oxygens (including phenoxy) is 3. The van der Waals surface area contributed by atoms with Crippen LogP contribution in [0, 0.1) is 0 Å². The van der Waals surface area contributed by atoms with Crippen molar-refractivity contribution in [2.75, 3.05) is 107 Å². The van der Waals surface area contributed by atoms with E-state index in [0.717, 1.165) is 31.7 Å². The van der Waals surface area contributed by atoms with Gasteiger partial charge in [0.1, 0.15) is 0 Å². The van der Waals surface area contributed by atoms with E-state index in [1.165, 1.54) is 21.3 Å². The van der Waals surface area contributed by atoms with Gasteiger partial charge in [0.2, 0.25) is 0 Å². The summed E-state index contributed by atoms with van der Waals surface area (Å²) in [5, 5.41) is 0. The number of benzene rings is 1. The molecule has 0 amide bonds. The molecule has 0 saturated carbocycles. The maximum atomic E-state index is 12.0. The minimum atomic E-state index is -0.280. The quantitative estimate of drug-likeness (QED) is 0.169. The second-order valence-electron chi connectivity index (χ2n) is 8.62. The number of rotatable bonds is 12. The van der Waals surface area contributed by atoms with Crippen LogP contribution < -0.4 is 0 Å². The fourth-order valence-corrected chi connectivity index (χ4v) is 3.86. The molecule has 0 spiro atoms. The Labute approximate surface area is 222 Å². The van der Waals surface area contributed by atoms with Gasteiger partial charge in [-0.05, 0) is 5.56 Å². The van der Waals surface area contributed by atoms with E-state index in [1.54, 1.807) is 0 Å². The molecule has 11 nitrogen and oxygen atoms in total. The minimum Gasteiger partial charge on any atom is -0.468 e. The third-order valence-electron chi connectivity index (χ3n) is 6.08. The number of nitrogens with zero attached hydrogens (tertiary/aromatic N) is 4. The second kappa shape index (κ2) is 19.9. The van der Waals surface area contributed by atoms with E-state index in [4.69, 9.17) is 24.0 Å². The molecule has 0 aromatic heterocycles. The Morgan fingerprint density at radius 2 is 1.22 bits per heavy atom. The van der Waals surface area contributed by atoms with Crippen molar-refractivity contribution in [3.63, 3.8) is 0 Å². The van der Waals surface area contributed by atoms with Crippen molar-refractivity contribution >= 4 is 11.9 Å². The van der Waals surface area contributed by atoms with Gasteiger partial charge in [-0.25, -0.2) is 9.78 Å². The van der Waals surface area contributed by atoms with Gasteiger partial charge in [0, 0.05) is 58.9 Å². The van der Waals surface area contributed by atoms with Crippen molar-refractivity contribution in [1.29, 1.82) is 0 Å². The second-order valence-corrected chi connectivity index (χ2v) is 8.62. The predicted octanol–water partition coefficient (Wildman–Crippen LogP) is 0.942. The van der Waals surface area contributed by atoms with Gasteiger partial charge < -0.3 is 14.2 Å². The molecule has 1 saturated heterocycles. The summed E-state index contributed by atoms with van der Waals surface area (Å²) in [6.45, 7) is 8.22. The maximum absolute atomic E-state index is 12.0. The Bertz CT molecular complexity index is 741. The largest absolute Gasteiger partial charge is 0.468 e. The zero-order valence-corrected chi connectivity index (χ0v) is 21.9. The molecule has 1 fully saturated rings. The minimum absolute atomic E-state index is 0. The first-order chi connectivity index (χ1) is 17.5. The first kappa shape index (κ1) is 32.9. The summed E-state index contributed by atoms with van der Waals surface area (Å²) >= 11 is 0. The summed E-state index contributed by atoms with van der Waals surface area (Å²) in [6.07, 6.45) is 0. The molecule has 0 N–H and O–H groups in total. The van der Waals surface area contributed by atoms with E-state index in [2.05, 4.69) is 19.6 Å². The molecule has 0 atom stereocenters. The van der Waals surface area contributed by atoms with E-state index < -0.39 is 0 Å². The van der Waals surface area contributed by atoms with Gasteiger partial charge in [-0.3, -0.25) is 29.2 Å². The fraction of sp³-hybridized carbons (Fsp3) is 0.692. The van der Waals surface area contributed by atoms with Crippen molar-refractivity contribution in [3.05, 3.63) is 35.9 Å². The molecule has 0 radical (unpaired) electrons. The van der Waals surface area contributed by atoms with E-state index in [1.807, 2.05) is 30.3 Å². The monoisotopic (exact) mass is 526 g/mol. The molecular weight excluding hydrogens is 480 g/mol. The number of esters is 2. The zero-order valence-electron chi connectivity index (χ0n) is 21.9. The van der Waals surface area contributed by atoms with Crippen LogP contribution in [0.15, 0.2) is 30.3 Å². The van der Waals surface area contributed by atoms with Gasteiger partial charge in [-0.15, -0.1) is 0 Å². The summed E-state index contributed by atoms with van der Waals surface area (Å²) in [5.41, 5.74) is 1.13. The number of methoxy groups -OCH3 is 2. The molecule has 37 heavy (non-hydrogen) atoms. The lowest BCUT2D eigenvalue weighted by molar-refractivity contribution is -0.273. The van der Waals surface area contributed by atoms with Crippen molar-refractivity contribution in [2.24, 2.45) is 0 Å². The van der Waals surface area contributed by atoms with Crippen LogP contribution in [0.2, 0.25) is 0 Å². The van der Waals surface area contributed by atoms with Crippen LogP contribution in [0.4, 0.5) is 0 Å². The highest BCUT2D eigenvalue weighted by molar-refractivity contribution is 5.71. The Hall–Kier alpha value is -2.12. The zero-order chi connectivity index (χ0) is 26.0. The van der Waals surface area contributed by atoms with Crippen LogP contribution in [0.1, 0.15) is 13.0 Å². The standard InChI is InChI=1S/C25H42N4O7.CH4/c1-32-24(30)19-27-11-9-26(17-18-36-34-3)10-15-29(22-35-21-23-7-5-4-6-8-23)16-14-28(13-12-27)20-25(31)33-2;/h4-8H,9-22H2,1-3H3;1H4. The molecule has 1 aromatic carbocycles. The highest BCUT2D eigenvalue weighted by atomic mass is 17.2. The van der Waals surface area contributed by atoms with E-state index >= 15 is 0 Å². The van der Waals surface area contributed by atoms with Crippen LogP contribution in [0.3, 0.4) is 0 Å². The molecule has 1 heterocycles. The number of carbonyl (C=O) groups excluding carboxylic acids is 2. The Morgan fingerprint density at radius 3 is 1.70 bits per heavy atom. The summed E-state index contributed by atoms with van der Waals surface area (Å²) in [5.74, 6) is -0.560. The molecule has 0 aliphatic carbocycles. The first-order valence-corrected chi connectivity index (χ1v) is 12.3. The third-order valence-corrected chi connectivity index (χ3v) is 6.08. The third kappa shape index (κ3) is 14.4. The summed E-state index contributed by atoms with van der Waals surface area (Å²) in [4.78, 5) is 42.5. The highest BCUT2D eigenvalue weighted by Gasteiger charge is 2.20. The predicted molar refractivity (Wildman–Crippen MR) is 141 cm³/mol. The molecule has 11 heteroatoms. The van der Waals surface area contributed by atoms with Gasteiger partial charge in [0.25, 0.3) is 0 Å². The van der Waals surface area contributed by atoms with E-state index in [-0.39, 0.29) is 32.5 Å². The van der Waals surface area contributed by atoms with Crippen LogP contribution in [0.25, 0.3) is 0 Å². The molecule has 0 unspecified atom stereocenters. The molecular formula is C26H46N4O7. The number of hydrogen-bond acceptors (Lipinski definition) is 11. The molecule has 1 aromatic rings. The summed E-state index contributed by atoms with van der Waals surface area (Å²) < 4.78 is 15.8. The molecule has 1 aliphatic heterocycles. The topological polar surface area (TPSA) is 93.3 Å². The van der Waals surface area contributed by atoms with Gasteiger partial charge in [-0.1, -0.05) is 37.8 Å². The lowest BCUT2D eigenvalue weighted by atomic mass is 10.2. The first-order valence-electron chi connectivity index (χ1n) is 12.3. The van der Waals surface area contributed by atoms with Gasteiger partial charge in [-0.2, -0.15) is 0 Å².